The molecule has 0 aromatic heterocycles. The summed E-state index contributed by atoms with van der Waals surface area (Å²) < 4.78 is 5.62. The van der Waals surface area contributed by atoms with E-state index >= 15 is 0 Å². The largest absolute Gasteiger partial charge is 0.380 e. The zero-order valence-corrected chi connectivity index (χ0v) is 13.9. The van der Waals surface area contributed by atoms with Crippen LogP contribution in [0.1, 0.15) is 64.2 Å². The molecule has 1 saturated heterocycles. The van der Waals surface area contributed by atoms with Crippen LogP contribution in [0.3, 0.4) is 0 Å². The maximum absolute atomic E-state index is 5.62. The fourth-order valence-corrected chi connectivity index (χ4v) is 4.34. The Balaban J connectivity index is 1.59. The van der Waals surface area contributed by atoms with E-state index < -0.39 is 0 Å². The van der Waals surface area contributed by atoms with Crippen molar-refractivity contribution in [3.8, 4) is 0 Å². The first-order valence-electron chi connectivity index (χ1n) is 9.28. The highest BCUT2D eigenvalue weighted by Crippen LogP contribution is 2.37. The molecule has 3 heteroatoms. The molecule has 1 N–H and O–H groups in total. The van der Waals surface area contributed by atoms with E-state index in [-0.39, 0.29) is 0 Å². The van der Waals surface area contributed by atoms with Gasteiger partial charge in [-0.05, 0) is 50.5 Å². The number of rotatable bonds is 6. The monoisotopic (exact) mass is 294 g/mol. The molecular formula is C18H34N2O. The second kappa shape index (κ2) is 7.43. The minimum atomic E-state index is 0.470. The molecule has 0 aromatic carbocycles. The van der Waals surface area contributed by atoms with Crippen molar-refractivity contribution >= 4 is 0 Å². The van der Waals surface area contributed by atoms with E-state index in [1.807, 2.05) is 7.11 Å². The summed E-state index contributed by atoms with van der Waals surface area (Å²) in [7, 11) is 1.88. The summed E-state index contributed by atoms with van der Waals surface area (Å²) in [6, 6.07) is 0.846. The number of hydrogen-bond acceptors (Lipinski definition) is 3. The Morgan fingerprint density at radius 2 is 1.81 bits per heavy atom. The molecule has 3 rings (SSSR count). The molecule has 1 unspecified atom stereocenters. The van der Waals surface area contributed by atoms with Gasteiger partial charge in [-0.15, -0.1) is 0 Å². The molecule has 0 spiro atoms. The SMILES string of the molecule is COC1CCCN(CC2(CNC3CC3)CCCCCC2)C1. The van der Waals surface area contributed by atoms with Crippen LogP contribution in [0.25, 0.3) is 0 Å². The fraction of sp³-hybridized carbons (Fsp3) is 1.00. The summed E-state index contributed by atoms with van der Waals surface area (Å²) in [5, 5.41) is 3.85. The van der Waals surface area contributed by atoms with Crippen molar-refractivity contribution in [2.24, 2.45) is 5.41 Å². The number of nitrogens with one attached hydrogen (secondary N) is 1. The van der Waals surface area contributed by atoms with Gasteiger partial charge in [-0.1, -0.05) is 25.7 Å². The van der Waals surface area contributed by atoms with Gasteiger partial charge in [-0.3, -0.25) is 0 Å². The highest BCUT2D eigenvalue weighted by molar-refractivity contribution is 4.91. The Morgan fingerprint density at radius 3 is 2.48 bits per heavy atom. The van der Waals surface area contributed by atoms with Crippen molar-refractivity contribution in [2.75, 3.05) is 33.3 Å². The summed E-state index contributed by atoms with van der Waals surface area (Å²) in [5.41, 5.74) is 0.536. The lowest BCUT2D eigenvalue weighted by Gasteiger charge is -2.41. The summed E-state index contributed by atoms with van der Waals surface area (Å²) in [6.07, 6.45) is 14.5. The number of nitrogens with zero attached hydrogens (tertiary/aromatic N) is 1. The van der Waals surface area contributed by atoms with Crippen LogP contribution in [0.15, 0.2) is 0 Å². The van der Waals surface area contributed by atoms with E-state index in [4.69, 9.17) is 4.74 Å². The van der Waals surface area contributed by atoms with Gasteiger partial charge in [0, 0.05) is 32.8 Å². The molecule has 3 aliphatic rings. The summed E-state index contributed by atoms with van der Waals surface area (Å²) in [6.45, 7) is 4.99. The van der Waals surface area contributed by atoms with Crippen LogP contribution >= 0.6 is 0 Å². The molecule has 3 fully saturated rings. The van der Waals surface area contributed by atoms with Crippen LogP contribution in [0.5, 0.6) is 0 Å². The van der Waals surface area contributed by atoms with E-state index in [9.17, 15) is 0 Å². The van der Waals surface area contributed by atoms with Crippen LogP contribution in [0.4, 0.5) is 0 Å². The first-order valence-corrected chi connectivity index (χ1v) is 9.28. The Bertz CT molecular complexity index is 308. The van der Waals surface area contributed by atoms with Gasteiger partial charge in [-0.25, -0.2) is 0 Å². The summed E-state index contributed by atoms with van der Waals surface area (Å²) >= 11 is 0. The van der Waals surface area contributed by atoms with Gasteiger partial charge < -0.3 is 15.0 Å². The second-order valence-electron chi connectivity index (χ2n) is 7.80. The molecule has 21 heavy (non-hydrogen) atoms. The molecule has 0 radical (unpaired) electrons. The minimum Gasteiger partial charge on any atom is -0.380 e. The molecule has 122 valence electrons. The number of methoxy groups -OCH3 is 1. The van der Waals surface area contributed by atoms with Crippen molar-refractivity contribution in [3.63, 3.8) is 0 Å². The third-order valence-electron chi connectivity index (χ3n) is 5.86. The Labute approximate surface area is 130 Å². The van der Waals surface area contributed by atoms with Crippen LogP contribution in [0.2, 0.25) is 0 Å². The fourth-order valence-electron chi connectivity index (χ4n) is 4.34. The smallest absolute Gasteiger partial charge is 0.0698 e. The lowest BCUT2D eigenvalue weighted by molar-refractivity contribution is 0.0108. The Kier molecular flexibility index (Phi) is 5.58. The number of hydrogen-bond donors (Lipinski definition) is 1. The van der Waals surface area contributed by atoms with E-state index in [0.717, 1.165) is 12.6 Å². The van der Waals surface area contributed by atoms with Gasteiger partial charge >= 0.3 is 0 Å². The highest BCUT2D eigenvalue weighted by Gasteiger charge is 2.35. The maximum atomic E-state index is 5.62. The van der Waals surface area contributed by atoms with Gasteiger partial charge in [0.2, 0.25) is 0 Å². The topological polar surface area (TPSA) is 24.5 Å². The molecule has 2 saturated carbocycles. The predicted molar refractivity (Wildman–Crippen MR) is 87.6 cm³/mol. The lowest BCUT2D eigenvalue weighted by atomic mass is 9.79. The molecule has 1 atom stereocenters. The van der Waals surface area contributed by atoms with Crippen LogP contribution in [-0.2, 0) is 4.74 Å². The maximum Gasteiger partial charge on any atom is 0.0698 e. The number of likely N-dealkylation sites (tertiary alicyclic amines) is 1. The standard InChI is InChI=1S/C18H34N2O/c1-21-17-7-6-12-20(13-17)15-18(14-19-16-8-9-16)10-4-2-3-5-11-18/h16-17,19H,2-15H2,1H3. The lowest BCUT2D eigenvalue weighted by Crippen LogP contribution is -2.48. The van der Waals surface area contributed by atoms with Crippen molar-refractivity contribution < 1.29 is 4.74 Å². The highest BCUT2D eigenvalue weighted by atomic mass is 16.5. The summed E-state index contributed by atoms with van der Waals surface area (Å²) in [4.78, 5) is 2.71. The molecule has 0 bridgehead atoms. The Hall–Kier alpha value is -0.120. The zero-order chi connectivity index (χ0) is 14.5. The number of ether oxygens (including phenoxy) is 1. The van der Waals surface area contributed by atoms with E-state index in [1.54, 1.807) is 0 Å². The van der Waals surface area contributed by atoms with Crippen molar-refractivity contribution in [1.29, 1.82) is 0 Å². The predicted octanol–water partition coefficient (Wildman–Crippen LogP) is 3.19. The van der Waals surface area contributed by atoms with Gasteiger partial charge in [-0.2, -0.15) is 0 Å². The molecule has 1 heterocycles. The van der Waals surface area contributed by atoms with Gasteiger partial charge in [0.25, 0.3) is 0 Å². The van der Waals surface area contributed by atoms with E-state index in [0.29, 0.717) is 11.5 Å². The molecule has 1 aliphatic heterocycles. The molecule has 2 aliphatic carbocycles. The van der Waals surface area contributed by atoms with E-state index in [1.165, 1.54) is 83.8 Å². The van der Waals surface area contributed by atoms with Crippen molar-refractivity contribution in [1.82, 2.24) is 10.2 Å². The first-order chi connectivity index (χ1) is 10.3. The van der Waals surface area contributed by atoms with Gasteiger partial charge in [0.1, 0.15) is 0 Å². The average molecular weight is 294 g/mol. The van der Waals surface area contributed by atoms with Crippen molar-refractivity contribution in [2.45, 2.75) is 76.4 Å². The molecular weight excluding hydrogens is 260 g/mol. The number of piperidine rings is 1. The quantitative estimate of drug-likeness (QED) is 0.761. The summed E-state index contributed by atoms with van der Waals surface area (Å²) in [5.74, 6) is 0. The normalized spacial score (nSPS) is 31.0. The van der Waals surface area contributed by atoms with Crippen LogP contribution in [-0.4, -0.2) is 50.3 Å². The molecule has 0 amide bonds. The minimum absolute atomic E-state index is 0.470. The van der Waals surface area contributed by atoms with Gasteiger partial charge in [0.15, 0.2) is 0 Å². The zero-order valence-electron chi connectivity index (χ0n) is 13.9. The van der Waals surface area contributed by atoms with Crippen LogP contribution in [0, 0.1) is 5.41 Å². The third-order valence-corrected chi connectivity index (χ3v) is 5.86. The van der Waals surface area contributed by atoms with Gasteiger partial charge in [0.05, 0.1) is 6.10 Å². The third kappa shape index (κ3) is 4.67. The second-order valence-corrected chi connectivity index (χ2v) is 7.80. The Morgan fingerprint density at radius 1 is 1.05 bits per heavy atom. The molecule has 3 nitrogen and oxygen atoms in total. The molecule has 0 aromatic rings. The van der Waals surface area contributed by atoms with E-state index in [2.05, 4.69) is 10.2 Å². The van der Waals surface area contributed by atoms with Crippen LogP contribution < -0.4 is 5.32 Å². The first kappa shape index (κ1) is 15.8. The van der Waals surface area contributed by atoms with Crippen molar-refractivity contribution in [3.05, 3.63) is 0 Å². The average Bonchev–Trinajstić information content (AvgIpc) is 3.33.